The van der Waals surface area contributed by atoms with Gasteiger partial charge in [-0.3, -0.25) is 9.69 Å². The van der Waals surface area contributed by atoms with Gasteiger partial charge in [-0.15, -0.1) is 0 Å². The molecule has 166 valence electrons. The van der Waals surface area contributed by atoms with Crippen molar-refractivity contribution in [2.45, 2.75) is 13.0 Å². The van der Waals surface area contributed by atoms with E-state index in [1.165, 1.54) is 7.11 Å². The number of hydrogen-bond donors (Lipinski definition) is 1. The van der Waals surface area contributed by atoms with Crippen LogP contribution < -0.4 is 19.7 Å². The van der Waals surface area contributed by atoms with Gasteiger partial charge in [-0.1, -0.05) is 0 Å². The Labute approximate surface area is 182 Å². The first kappa shape index (κ1) is 22.4. The zero-order valence-electron chi connectivity index (χ0n) is 18.4. The van der Waals surface area contributed by atoms with Crippen LogP contribution in [0, 0.1) is 0 Å². The Bertz CT molecular complexity index is 916. The van der Waals surface area contributed by atoms with Crippen LogP contribution in [0.15, 0.2) is 42.5 Å². The average molecular weight is 428 g/mol. The number of rotatable bonds is 7. The van der Waals surface area contributed by atoms with E-state index in [0.29, 0.717) is 22.7 Å². The van der Waals surface area contributed by atoms with Gasteiger partial charge in [0.2, 0.25) is 5.91 Å². The number of piperazine rings is 1. The summed E-state index contributed by atoms with van der Waals surface area (Å²) in [5.74, 6) is 0.788. The van der Waals surface area contributed by atoms with Gasteiger partial charge in [-0.25, -0.2) is 4.79 Å². The number of benzene rings is 2. The molecular weight excluding hydrogens is 398 g/mol. The van der Waals surface area contributed by atoms with Crippen LogP contribution in [-0.4, -0.2) is 70.3 Å². The molecule has 0 bridgehead atoms. The van der Waals surface area contributed by atoms with Crippen LogP contribution in [0.25, 0.3) is 0 Å². The first-order chi connectivity index (χ1) is 14.9. The van der Waals surface area contributed by atoms with Crippen LogP contribution in [0.4, 0.5) is 11.4 Å². The van der Waals surface area contributed by atoms with E-state index in [1.807, 2.05) is 12.1 Å². The topological polar surface area (TPSA) is 80.3 Å². The minimum atomic E-state index is -0.344. The maximum Gasteiger partial charge on any atom is 0.337 e. The normalized spacial score (nSPS) is 16.5. The van der Waals surface area contributed by atoms with E-state index in [4.69, 9.17) is 14.2 Å². The highest BCUT2D eigenvalue weighted by Crippen LogP contribution is 2.29. The van der Waals surface area contributed by atoms with E-state index in [9.17, 15) is 9.59 Å². The van der Waals surface area contributed by atoms with Crippen LogP contribution in [0.3, 0.4) is 0 Å². The van der Waals surface area contributed by atoms with Crippen molar-refractivity contribution in [3.63, 3.8) is 0 Å². The first-order valence-electron chi connectivity index (χ1n) is 10.1. The zero-order chi connectivity index (χ0) is 22.4. The predicted octanol–water partition coefficient (Wildman–Crippen LogP) is 2.64. The van der Waals surface area contributed by atoms with Crippen molar-refractivity contribution in [3.8, 4) is 11.5 Å². The van der Waals surface area contributed by atoms with Gasteiger partial charge in [0, 0.05) is 37.4 Å². The third-order valence-electron chi connectivity index (χ3n) is 5.45. The van der Waals surface area contributed by atoms with E-state index >= 15 is 0 Å². The number of anilines is 2. The van der Waals surface area contributed by atoms with Crippen LogP contribution in [0.5, 0.6) is 11.5 Å². The fraction of sp³-hybridized carbons (Fsp3) is 0.391. The number of nitrogens with zero attached hydrogens (tertiary/aromatic N) is 2. The van der Waals surface area contributed by atoms with Gasteiger partial charge in [0.1, 0.15) is 11.5 Å². The Morgan fingerprint density at radius 2 is 1.77 bits per heavy atom. The Balaban J connectivity index is 1.58. The molecular formula is C23H29N3O5. The summed E-state index contributed by atoms with van der Waals surface area (Å²) >= 11 is 0. The van der Waals surface area contributed by atoms with Crippen LogP contribution in [0.2, 0.25) is 0 Å². The number of hydrogen-bond acceptors (Lipinski definition) is 7. The third-order valence-corrected chi connectivity index (χ3v) is 5.45. The lowest BCUT2D eigenvalue weighted by Crippen LogP contribution is -2.53. The highest BCUT2D eigenvalue weighted by atomic mass is 16.5. The molecule has 1 atom stereocenters. The van der Waals surface area contributed by atoms with Crippen LogP contribution >= 0.6 is 0 Å². The van der Waals surface area contributed by atoms with Crippen molar-refractivity contribution in [2.75, 3.05) is 57.7 Å². The van der Waals surface area contributed by atoms with E-state index in [0.717, 1.165) is 25.3 Å². The lowest BCUT2D eigenvalue weighted by atomic mass is 10.1. The number of carbonyl (C=O) groups excluding carboxylic acids is 2. The molecule has 1 fully saturated rings. The van der Waals surface area contributed by atoms with Gasteiger partial charge in [0.05, 0.1) is 39.1 Å². The molecule has 31 heavy (non-hydrogen) atoms. The van der Waals surface area contributed by atoms with Gasteiger partial charge >= 0.3 is 5.97 Å². The van der Waals surface area contributed by atoms with E-state index in [1.54, 1.807) is 44.6 Å². The summed E-state index contributed by atoms with van der Waals surface area (Å²) in [5, 5.41) is 2.93. The molecule has 2 aromatic rings. The summed E-state index contributed by atoms with van der Waals surface area (Å²) < 4.78 is 15.3. The first-order valence-corrected chi connectivity index (χ1v) is 10.1. The van der Waals surface area contributed by atoms with Crippen molar-refractivity contribution in [3.05, 3.63) is 48.0 Å². The largest absolute Gasteiger partial charge is 0.497 e. The summed E-state index contributed by atoms with van der Waals surface area (Å²) in [6, 6.07) is 12.9. The van der Waals surface area contributed by atoms with Crippen molar-refractivity contribution in [2.24, 2.45) is 0 Å². The standard InChI is InChI=1S/C23H29N3O5/c1-16-14-26(18-7-5-17(6-8-18)23(28)31-4)12-11-25(16)15-22(27)24-20-13-19(29-2)9-10-21(20)30-3/h5-10,13,16H,11-12,14-15H2,1-4H3,(H,24,27). The number of esters is 1. The van der Waals surface area contributed by atoms with Gasteiger partial charge in [0.25, 0.3) is 0 Å². The SMILES string of the molecule is COC(=O)c1ccc(N2CCN(CC(=O)Nc3cc(OC)ccc3OC)C(C)C2)cc1. The fourth-order valence-electron chi connectivity index (χ4n) is 3.68. The van der Waals surface area contributed by atoms with Crippen molar-refractivity contribution < 1.29 is 23.8 Å². The van der Waals surface area contributed by atoms with Gasteiger partial charge in [0.15, 0.2) is 0 Å². The summed E-state index contributed by atoms with van der Waals surface area (Å²) in [7, 11) is 4.52. The van der Waals surface area contributed by atoms with Gasteiger partial charge in [-0.05, 0) is 43.3 Å². The molecule has 0 aromatic heterocycles. The quantitative estimate of drug-likeness (QED) is 0.681. The van der Waals surface area contributed by atoms with Crippen LogP contribution in [-0.2, 0) is 9.53 Å². The Hall–Kier alpha value is -3.26. The minimum Gasteiger partial charge on any atom is -0.497 e. The molecule has 3 rings (SSSR count). The molecule has 1 unspecified atom stereocenters. The second kappa shape index (κ2) is 10.2. The molecule has 1 aliphatic rings. The van der Waals surface area contributed by atoms with Crippen molar-refractivity contribution >= 4 is 23.3 Å². The molecule has 0 radical (unpaired) electrons. The van der Waals surface area contributed by atoms with Crippen LogP contribution in [0.1, 0.15) is 17.3 Å². The monoisotopic (exact) mass is 427 g/mol. The van der Waals surface area contributed by atoms with Crippen molar-refractivity contribution in [1.29, 1.82) is 0 Å². The summed E-state index contributed by atoms with van der Waals surface area (Å²) in [6.45, 7) is 4.72. The number of methoxy groups -OCH3 is 3. The fourth-order valence-corrected chi connectivity index (χ4v) is 3.68. The average Bonchev–Trinajstić information content (AvgIpc) is 2.79. The summed E-state index contributed by atoms with van der Waals surface area (Å²) in [5.41, 5.74) is 2.16. The maximum absolute atomic E-state index is 12.7. The second-order valence-electron chi connectivity index (χ2n) is 7.42. The number of carbonyl (C=O) groups is 2. The summed E-state index contributed by atoms with van der Waals surface area (Å²) in [6.07, 6.45) is 0. The predicted molar refractivity (Wildman–Crippen MR) is 119 cm³/mol. The van der Waals surface area contributed by atoms with E-state index < -0.39 is 0 Å². The smallest absolute Gasteiger partial charge is 0.337 e. The number of ether oxygens (including phenoxy) is 3. The molecule has 2 aromatic carbocycles. The molecule has 1 aliphatic heterocycles. The zero-order valence-corrected chi connectivity index (χ0v) is 18.4. The molecule has 0 saturated carbocycles. The molecule has 1 heterocycles. The molecule has 8 heteroatoms. The van der Waals surface area contributed by atoms with Crippen molar-refractivity contribution in [1.82, 2.24) is 4.90 Å². The van der Waals surface area contributed by atoms with E-state index in [2.05, 4.69) is 22.0 Å². The molecule has 8 nitrogen and oxygen atoms in total. The lowest BCUT2D eigenvalue weighted by Gasteiger charge is -2.40. The number of nitrogens with one attached hydrogen (secondary N) is 1. The molecule has 1 amide bonds. The lowest BCUT2D eigenvalue weighted by molar-refractivity contribution is -0.117. The molecule has 1 saturated heterocycles. The highest BCUT2D eigenvalue weighted by molar-refractivity contribution is 5.94. The number of amides is 1. The Morgan fingerprint density at radius 1 is 1.03 bits per heavy atom. The van der Waals surface area contributed by atoms with Gasteiger partial charge in [-0.2, -0.15) is 0 Å². The minimum absolute atomic E-state index is 0.103. The van der Waals surface area contributed by atoms with E-state index in [-0.39, 0.29) is 24.5 Å². The Kier molecular flexibility index (Phi) is 7.36. The third kappa shape index (κ3) is 5.46. The summed E-state index contributed by atoms with van der Waals surface area (Å²) in [4.78, 5) is 28.7. The molecule has 0 spiro atoms. The molecule has 0 aliphatic carbocycles. The second-order valence-corrected chi connectivity index (χ2v) is 7.42. The highest BCUT2D eigenvalue weighted by Gasteiger charge is 2.26. The maximum atomic E-state index is 12.7. The Morgan fingerprint density at radius 3 is 2.39 bits per heavy atom. The molecule has 1 N–H and O–H groups in total. The van der Waals surface area contributed by atoms with Gasteiger partial charge < -0.3 is 24.4 Å².